The highest BCUT2D eigenvalue weighted by molar-refractivity contribution is 7.14. The van der Waals surface area contributed by atoms with E-state index in [4.69, 9.17) is 0 Å². The van der Waals surface area contributed by atoms with Crippen LogP contribution in [0.3, 0.4) is 0 Å². The molecule has 0 spiro atoms. The van der Waals surface area contributed by atoms with Crippen molar-refractivity contribution >= 4 is 28.3 Å². The van der Waals surface area contributed by atoms with E-state index in [1.165, 1.54) is 35.3 Å². The van der Waals surface area contributed by atoms with Gasteiger partial charge >= 0.3 is 0 Å². The Morgan fingerprint density at radius 2 is 1.95 bits per heavy atom. The number of anilines is 1. The lowest BCUT2D eigenvalue weighted by molar-refractivity contribution is -0.114. The van der Waals surface area contributed by atoms with Gasteiger partial charge in [0.1, 0.15) is 11.5 Å². The number of nitrogens with zero attached hydrogens (tertiary/aromatic N) is 2. The van der Waals surface area contributed by atoms with Gasteiger partial charge in [0.2, 0.25) is 5.91 Å². The summed E-state index contributed by atoms with van der Waals surface area (Å²) in [5.41, 5.74) is 1.10. The minimum absolute atomic E-state index is 0.223. The van der Waals surface area contributed by atoms with Crippen LogP contribution in [-0.2, 0) is 4.79 Å². The molecule has 1 atom stereocenters. The van der Waals surface area contributed by atoms with E-state index in [-0.39, 0.29) is 29.4 Å². The molecule has 0 unspecified atom stereocenters. The van der Waals surface area contributed by atoms with Crippen LogP contribution in [0.2, 0.25) is 0 Å². The average Bonchev–Trinajstić information content (AvgIpc) is 2.93. The van der Waals surface area contributed by atoms with Crippen molar-refractivity contribution in [3.05, 3.63) is 46.7 Å². The fourth-order valence-electron chi connectivity index (χ4n) is 1.90. The summed E-state index contributed by atoms with van der Waals surface area (Å²) in [7, 11) is 1.66. The van der Waals surface area contributed by atoms with E-state index in [9.17, 15) is 14.0 Å². The summed E-state index contributed by atoms with van der Waals surface area (Å²) in [6.07, 6.45) is 0. The number of hydrogen-bond donors (Lipinski definition) is 1. The maximum absolute atomic E-state index is 13.0. The second-order valence-corrected chi connectivity index (χ2v) is 5.72. The van der Waals surface area contributed by atoms with Crippen molar-refractivity contribution in [1.82, 2.24) is 9.88 Å². The van der Waals surface area contributed by atoms with Crippen LogP contribution in [0, 0.1) is 5.82 Å². The third-order valence-electron chi connectivity index (χ3n) is 3.26. The Morgan fingerprint density at radius 3 is 2.55 bits per heavy atom. The third kappa shape index (κ3) is 3.67. The molecule has 2 rings (SSSR count). The molecule has 0 bridgehead atoms. The molecule has 0 radical (unpaired) electrons. The van der Waals surface area contributed by atoms with Crippen LogP contribution < -0.4 is 5.32 Å². The van der Waals surface area contributed by atoms with Crippen molar-refractivity contribution in [3.8, 4) is 0 Å². The van der Waals surface area contributed by atoms with Crippen molar-refractivity contribution in [2.45, 2.75) is 19.9 Å². The first kappa shape index (κ1) is 16.1. The Kier molecular flexibility index (Phi) is 4.87. The molecule has 0 fully saturated rings. The predicted molar refractivity (Wildman–Crippen MR) is 83.3 cm³/mol. The Balaban J connectivity index is 2.12. The van der Waals surface area contributed by atoms with Crippen molar-refractivity contribution in [3.63, 3.8) is 0 Å². The topological polar surface area (TPSA) is 62.3 Å². The highest BCUT2D eigenvalue weighted by Gasteiger charge is 2.21. The van der Waals surface area contributed by atoms with Gasteiger partial charge in [-0.05, 0) is 24.6 Å². The first-order valence-corrected chi connectivity index (χ1v) is 7.52. The normalized spacial score (nSPS) is 11.8. The molecule has 1 aromatic carbocycles. The lowest BCUT2D eigenvalue weighted by atomic mass is 10.1. The SMILES string of the molecule is CC(=O)Nc1nc(C(=O)N(C)[C@@H](C)c2ccc(F)cc2)cs1. The zero-order chi connectivity index (χ0) is 16.3. The third-order valence-corrected chi connectivity index (χ3v) is 4.02. The van der Waals surface area contributed by atoms with Crippen molar-refractivity contribution in [2.24, 2.45) is 0 Å². The molecule has 116 valence electrons. The van der Waals surface area contributed by atoms with Gasteiger partial charge in [0.05, 0.1) is 6.04 Å². The van der Waals surface area contributed by atoms with Crippen molar-refractivity contribution in [2.75, 3.05) is 12.4 Å². The molecule has 7 heteroatoms. The van der Waals surface area contributed by atoms with Crippen LogP contribution in [0.15, 0.2) is 29.6 Å². The van der Waals surface area contributed by atoms with Crippen LogP contribution in [0.4, 0.5) is 9.52 Å². The number of aromatic nitrogens is 1. The number of carbonyl (C=O) groups excluding carboxylic acids is 2. The van der Waals surface area contributed by atoms with Gasteiger partial charge in [0.25, 0.3) is 5.91 Å². The highest BCUT2D eigenvalue weighted by atomic mass is 32.1. The van der Waals surface area contributed by atoms with E-state index in [0.29, 0.717) is 5.13 Å². The van der Waals surface area contributed by atoms with Crippen LogP contribution in [0.5, 0.6) is 0 Å². The number of carbonyl (C=O) groups is 2. The van der Waals surface area contributed by atoms with E-state index in [1.807, 2.05) is 6.92 Å². The molecule has 2 aromatic rings. The van der Waals surface area contributed by atoms with Crippen LogP contribution >= 0.6 is 11.3 Å². The van der Waals surface area contributed by atoms with Crippen LogP contribution in [0.1, 0.15) is 35.9 Å². The minimum Gasteiger partial charge on any atom is -0.334 e. The van der Waals surface area contributed by atoms with Gasteiger partial charge in [-0.25, -0.2) is 9.37 Å². The number of thiazole rings is 1. The van der Waals surface area contributed by atoms with Gasteiger partial charge in [-0.2, -0.15) is 0 Å². The second-order valence-electron chi connectivity index (χ2n) is 4.86. The van der Waals surface area contributed by atoms with Gasteiger partial charge in [-0.3, -0.25) is 9.59 Å². The molecular weight excluding hydrogens is 305 g/mol. The van der Waals surface area contributed by atoms with Crippen molar-refractivity contribution < 1.29 is 14.0 Å². The Labute approximate surface area is 131 Å². The van der Waals surface area contributed by atoms with E-state index < -0.39 is 0 Å². The van der Waals surface area contributed by atoms with Crippen LogP contribution in [0.25, 0.3) is 0 Å². The van der Waals surface area contributed by atoms with E-state index in [0.717, 1.165) is 5.56 Å². The quantitative estimate of drug-likeness (QED) is 0.941. The minimum atomic E-state index is -0.315. The standard InChI is InChI=1S/C15H16FN3O2S/c1-9(11-4-6-12(16)7-5-11)19(3)14(21)13-8-22-15(18-13)17-10(2)20/h4-9H,1-3H3,(H,17,18,20)/t9-/m0/s1. The molecule has 0 saturated carbocycles. The van der Waals surface area contributed by atoms with Crippen LogP contribution in [-0.4, -0.2) is 28.7 Å². The number of nitrogens with one attached hydrogen (secondary N) is 1. The smallest absolute Gasteiger partial charge is 0.273 e. The summed E-state index contributed by atoms with van der Waals surface area (Å²) in [6.45, 7) is 3.23. The lowest BCUT2D eigenvalue weighted by Gasteiger charge is -2.24. The predicted octanol–water partition coefficient (Wildman–Crippen LogP) is 3.07. The molecule has 0 aliphatic heterocycles. The number of benzene rings is 1. The second kappa shape index (κ2) is 6.65. The van der Waals surface area contributed by atoms with Crippen molar-refractivity contribution in [1.29, 1.82) is 0 Å². The zero-order valence-electron chi connectivity index (χ0n) is 12.5. The number of halogens is 1. The van der Waals surface area contributed by atoms with Gasteiger partial charge in [0, 0.05) is 19.4 Å². The molecule has 1 N–H and O–H groups in total. The summed E-state index contributed by atoms with van der Waals surface area (Å²) in [6, 6.07) is 5.80. The van der Waals surface area contributed by atoms with E-state index in [1.54, 1.807) is 24.6 Å². The molecular formula is C15H16FN3O2S. The van der Waals surface area contributed by atoms with Gasteiger partial charge in [-0.1, -0.05) is 12.1 Å². The molecule has 2 amide bonds. The summed E-state index contributed by atoms with van der Waals surface area (Å²) in [5.74, 6) is -0.810. The largest absolute Gasteiger partial charge is 0.334 e. The molecule has 1 aromatic heterocycles. The first-order valence-electron chi connectivity index (χ1n) is 6.64. The number of hydrogen-bond acceptors (Lipinski definition) is 4. The molecule has 5 nitrogen and oxygen atoms in total. The van der Waals surface area contributed by atoms with E-state index in [2.05, 4.69) is 10.3 Å². The maximum Gasteiger partial charge on any atom is 0.273 e. The Morgan fingerprint density at radius 1 is 1.32 bits per heavy atom. The molecule has 0 aliphatic carbocycles. The zero-order valence-corrected chi connectivity index (χ0v) is 13.3. The van der Waals surface area contributed by atoms with Gasteiger partial charge < -0.3 is 10.2 Å². The average molecular weight is 321 g/mol. The first-order chi connectivity index (χ1) is 10.4. The molecule has 22 heavy (non-hydrogen) atoms. The fourth-order valence-corrected chi connectivity index (χ4v) is 2.63. The van der Waals surface area contributed by atoms with E-state index >= 15 is 0 Å². The fraction of sp³-hybridized carbons (Fsp3) is 0.267. The monoisotopic (exact) mass is 321 g/mol. The maximum atomic E-state index is 13.0. The number of amides is 2. The lowest BCUT2D eigenvalue weighted by Crippen LogP contribution is -2.30. The summed E-state index contributed by atoms with van der Waals surface area (Å²) in [5, 5.41) is 4.53. The number of rotatable bonds is 4. The summed E-state index contributed by atoms with van der Waals surface area (Å²) >= 11 is 1.19. The summed E-state index contributed by atoms with van der Waals surface area (Å²) in [4.78, 5) is 29.0. The molecule has 1 heterocycles. The Bertz CT molecular complexity index is 684. The van der Waals surface area contributed by atoms with Gasteiger partial charge in [-0.15, -0.1) is 11.3 Å². The summed E-state index contributed by atoms with van der Waals surface area (Å²) < 4.78 is 13.0. The highest BCUT2D eigenvalue weighted by Crippen LogP contribution is 2.23. The molecule has 0 aliphatic rings. The van der Waals surface area contributed by atoms with Gasteiger partial charge in [0.15, 0.2) is 5.13 Å². The molecule has 0 saturated heterocycles. The Hall–Kier alpha value is -2.28.